The van der Waals surface area contributed by atoms with E-state index in [1.807, 2.05) is 48.5 Å². The Kier molecular flexibility index (Phi) is 5.28. The molecule has 3 aromatic carbocycles. The molecule has 1 aliphatic rings. The zero-order valence-electron chi connectivity index (χ0n) is 17.9. The van der Waals surface area contributed by atoms with Crippen LogP contribution < -0.4 is 0 Å². The van der Waals surface area contributed by atoms with Crippen LogP contribution in [-0.2, 0) is 24.8 Å². The van der Waals surface area contributed by atoms with Crippen molar-refractivity contribution < 1.29 is 9.58 Å². The van der Waals surface area contributed by atoms with Crippen molar-refractivity contribution in [3.05, 3.63) is 113 Å². The van der Waals surface area contributed by atoms with Crippen molar-refractivity contribution in [3.8, 4) is 0 Å². The van der Waals surface area contributed by atoms with Gasteiger partial charge in [0.1, 0.15) is 0 Å². The van der Waals surface area contributed by atoms with Crippen LogP contribution in [0.15, 0.2) is 84.9 Å². The Labute approximate surface area is 187 Å². The second kappa shape index (κ2) is 8.39. The van der Waals surface area contributed by atoms with Gasteiger partial charge < -0.3 is 10.1 Å². The normalized spacial score (nSPS) is 18.2. The number of Topliss-reactive ketones (excluding diaryl/α,β-unsaturated/α-hetero) is 1. The summed E-state index contributed by atoms with van der Waals surface area (Å²) in [5.74, 6) is -0.192. The molecule has 32 heavy (non-hydrogen) atoms. The molecule has 4 aromatic rings. The summed E-state index contributed by atoms with van der Waals surface area (Å²) in [7, 11) is 2.11. The number of hydrogen-bond acceptors (Lipinski definition) is 2. The maximum atomic E-state index is 13.2. The number of fused-ring (bicyclic) bond motifs is 3. The summed E-state index contributed by atoms with van der Waals surface area (Å²) in [6.07, 6.45) is 1.61. The van der Waals surface area contributed by atoms with Gasteiger partial charge in [-0.05, 0) is 29.2 Å². The molecule has 158 valence electrons. The van der Waals surface area contributed by atoms with E-state index in [0.717, 1.165) is 22.9 Å². The molecule has 0 amide bonds. The summed E-state index contributed by atoms with van der Waals surface area (Å²) in [6.45, 7) is 0.608. The summed E-state index contributed by atoms with van der Waals surface area (Å²) < 4.78 is 2.27. The van der Waals surface area contributed by atoms with Crippen LogP contribution in [0, 0.1) is 0 Å². The maximum Gasteiger partial charge on any atom is 0.324 e. The summed E-state index contributed by atoms with van der Waals surface area (Å²) in [5.41, 5.74) is 14.9. The molecule has 2 atom stereocenters. The number of rotatable bonds is 5. The number of nitrogens with zero attached hydrogens (tertiary/aromatic N) is 4. The van der Waals surface area contributed by atoms with Gasteiger partial charge in [0.05, 0.1) is 12.1 Å². The number of aromatic nitrogens is 1. The average molecular weight is 421 g/mol. The van der Waals surface area contributed by atoms with Crippen LogP contribution >= 0.6 is 0 Å². The van der Waals surface area contributed by atoms with Crippen LogP contribution in [0.1, 0.15) is 28.4 Å². The molecule has 1 aromatic heterocycles. The van der Waals surface area contributed by atoms with E-state index in [0.29, 0.717) is 13.0 Å². The standard InChI is InChI=1S/C27H24N4O/c1-30-23-15-9-8-14-21(23)22-16-24(25(32)17-29-28)31(18-19-10-4-2-5-11-19)26(27(22)30)20-12-6-3-7-13-20/h2-15,17,24,26H,16,18H2,1H3/t24-,26+/m0/s1. The summed E-state index contributed by atoms with van der Waals surface area (Å²) in [5, 5.41) is 1.17. The Morgan fingerprint density at radius 1 is 1.00 bits per heavy atom. The highest BCUT2D eigenvalue weighted by Crippen LogP contribution is 2.43. The minimum absolute atomic E-state index is 0.112. The highest BCUT2D eigenvalue weighted by atomic mass is 16.1. The molecule has 5 heteroatoms. The number of benzene rings is 3. The molecule has 0 N–H and O–H groups in total. The van der Waals surface area contributed by atoms with Gasteiger partial charge in [0.2, 0.25) is 0 Å². The zero-order chi connectivity index (χ0) is 22.1. The first-order chi connectivity index (χ1) is 15.7. The van der Waals surface area contributed by atoms with E-state index in [1.54, 1.807) is 0 Å². The zero-order valence-corrected chi connectivity index (χ0v) is 17.9. The third-order valence-corrected chi connectivity index (χ3v) is 6.49. The molecule has 5 rings (SSSR count). The molecule has 2 heterocycles. The molecule has 0 saturated heterocycles. The van der Waals surface area contributed by atoms with Crippen LogP contribution in [0.25, 0.3) is 16.4 Å². The Bertz CT molecular complexity index is 1320. The van der Waals surface area contributed by atoms with E-state index < -0.39 is 6.04 Å². The molecule has 0 unspecified atom stereocenters. The van der Waals surface area contributed by atoms with Crippen molar-refractivity contribution in [1.82, 2.24) is 9.47 Å². The Hall–Kier alpha value is -3.79. The molecule has 0 aliphatic carbocycles. The Morgan fingerprint density at radius 2 is 1.66 bits per heavy atom. The van der Waals surface area contributed by atoms with Crippen molar-refractivity contribution >= 4 is 22.9 Å². The average Bonchev–Trinajstić information content (AvgIpc) is 3.12. The SMILES string of the molecule is Cn1c2c(c3ccccc31)C[C@@H](C(=O)C=[N+]=[N-])N(Cc1ccccc1)[C@@H]2c1ccccc1. The van der Waals surface area contributed by atoms with Crippen LogP contribution in [0.4, 0.5) is 0 Å². The minimum atomic E-state index is -0.436. The van der Waals surface area contributed by atoms with Crippen molar-refractivity contribution in [2.75, 3.05) is 0 Å². The van der Waals surface area contributed by atoms with E-state index in [1.165, 1.54) is 16.6 Å². The number of para-hydroxylation sites is 1. The lowest BCUT2D eigenvalue weighted by Crippen LogP contribution is -2.49. The highest BCUT2D eigenvalue weighted by molar-refractivity contribution is 6.27. The van der Waals surface area contributed by atoms with Crippen LogP contribution in [0.3, 0.4) is 0 Å². The number of ketones is 1. The Morgan fingerprint density at radius 3 is 2.38 bits per heavy atom. The molecule has 0 saturated carbocycles. The molecule has 0 bridgehead atoms. The van der Waals surface area contributed by atoms with Crippen molar-refractivity contribution in [2.24, 2.45) is 7.05 Å². The van der Waals surface area contributed by atoms with Crippen LogP contribution in [0.2, 0.25) is 0 Å². The molecule has 1 aliphatic heterocycles. The van der Waals surface area contributed by atoms with E-state index in [4.69, 9.17) is 5.53 Å². The first-order valence-corrected chi connectivity index (χ1v) is 10.8. The van der Waals surface area contributed by atoms with Gasteiger partial charge in [-0.25, -0.2) is 0 Å². The third kappa shape index (κ3) is 3.38. The maximum absolute atomic E-state index is 13.2. The summed E-state index contributed by atoms with van der Waals surface area (Å²) in [4.78, 5) is 18.5. The number of carbonyl (C=O) groups excluding carboxylic acids is 1. The third-order valence-electron chi connectivity index (χ3n) is 6.49. The first-order valence-electron chi connectivity index (χ1n) is 10.8. The van der Waals surface area contributed by atoms with Gasteiger partial charge in [-0.1, -0.05) is 78.9 Å². The minimum Gasteiger partial charge on any atom is -0.361 e. The van der Waals surface area contributed by atoms with Gasteiger partial charge in [0.15, 0.2) is 0 Å². The highest BCUT2D eigenvalue weighted by Gasteiger charge is 2.42. The molecular weight excluding hydrogens is 396 g/mol. The van der Waals surface area contributed by atoms with E-state index in [-0.39, 0.29) is 11.8 Å². The fraction of sp³-hybridized carbons (Fsp3) is 0.185. The smallest absolute Gasteiger partial charge is 0.324 e. The van der Waals surface area contributed by atoms with Gasteiger partial charge in [0.25, 0.3) is 5.78 Å². The summed E-state index contributed by atoms with van der Waals surface area (Å²) in [6, 6.07) is 28.3. The second-order valence-electron chi connectivity index (χ2n) is 8.28. The predicted octanol–water partition coefficient (Wildman–Crippen LogP) is 4.56. The molecular formula is C27H24N4O. The first kappa shape index (κ1) is 20.1. The molecule has 0 radical (unpaired) electrons. The van der Waals surface area contributed by atoms with Crippen molar-refractivity contribution in [1.29, 1.82) is 0 Å². The van der Waals surface area contributed by atoms with Gasteiger partial charge in [0, 0.05) is 30.2 Å². The fourth-order valence-corrected chi connectivity index (χ4v) is 5.09. The molecule has 0 spiro atoms. The second-order valence-corrected chi connectivity index (χ2v) is 8.28. The lowest BCUT2D eigenvalue weighted by Gasteiger charge is -2.41. The molecule has 0 fully saturated rings. The van der Waals surface area contributed by atoms with E-state index in [9.17, 15) is 4.79 Å². The number of carbonyl (C=O) groups is 1. The van der Waals surface area contributed by atoms with Gasteiger partial charge in [-0.2, -0.15) is 4.79 Å². The van der Waals surface area contributed by atoms with Gasteiger partial charge in [-0.15, -0.1) is 0 Å². The largest absolute Gasteiger partial charge is 0.361 e. The van der Waals surface area contributed by atoms with Crippen molar-refractivity contribution in [3.63, 3.8) is 0 Å². The topological polar surface area (TPSA) is 61.6 Å². The quantitative estimate of drug-likeness (QED) is 0.270. The van der Waals surface area contributed by atoms with E-state index >= 15 is 0 Å². The van der Waals surface area contributed by atoms with Crippen LogP contribution in [0.5, 0.6) is 0 Å². The molecule has 5 nitrogen and oxygen atoms in total. The van der Waals surface area contributed by atoms with Gasteiger partial charge in [-0.3, -0.25) is 9.69 Å². The number of hydrogen-bond donors (Lipinski definition) is 0. The lowest BCUT2D eigenvalue weighted by atomic mass is 9.86. The van der Waals surface area contributed by atoms with Gasteiger partial charge >= 0.3 is 6.21 Å². The van der Waals surface area contributed by atoms with Crippen molar-refractivity contribution in [2.45, 2.75) is 25.0 Å². The fourth-order valence-electron chi connectivity index (χ4n) is 5.09. The van der Waals surface area contributed by atoms with Crippen LogP contribution in [-0.4, -0.2) is 32.3 Å². The lowest BCUT2D eigenvalue weighted by molar-refractivity contribution is -0.122. The predicted molar refractivity (Wildman–Crippen MR) is 125 cm³/mol. The van der Waals surface area contributed by atoms with E-state index in [2.05, 4.69) is 57.7 Å². The summed E-state index contributed by atoms with van der Waals surface area (Å²) >= 11 is 0. The number of aryl methyl sites for hydroxylation is 1. The monoisotopic (exact) mass is 420 g/mol. The Balaban J connectivity index is 1.76.